The molecule has 188 valence electrons. The first-order chi connectivity index (χ1) is 16.0. The molecule has 0 aliphatic heterocycles. The molecule has 0 heterocycles. The van der Waals surface area contributed by atoms with Crippen molar-refractivity contribution in [1.82, 2.24) is 21.3 Å². The highest BCUT2D eigenvalue weighted by Gasteiger charge is 2.26. The molecule has 3 amide bonds. The largest absolute Gasteiger partial charge is 0.480 e. The van der Waals surface area contributed by atoms with Gasteiger partial charge in [-0.15, -0.1) is 0 Å². The fourth-order valence-corrected chi connectivity index (χ4v) is 2.66. The maximum Gasteiger partial charge on any atom is 0.326 e. The van der Waals surface area contributed by atoms with Crippen LogP contribution in [0.15, 0.2) is 30.3 Å². The summed E-state index contributed by atoms with van der Waals surface area (Å²) in [6, 6.07) is 6.14. The van der Waals surface area contributed by atoms with Crippen LogP contribution >= 0.6 is 0 Å². The number of carbonyl (C=O) groups is 5. The second-order valence-corrected chi connectivity index (χ2v) is 7.95. The standard InChI is InChI=1S/C22H33N5O7/c1-13(2)19(22(32)33)27-20(30)14(3)26-17(28)10-25-21(31)16(23)12-34-18(29)11-24-9-15-7-5-4-6-8-15/h4-8,13-14,16,19,24H,9-12,23H2,1-3H3,(H,25,31)(H,26,28)(H,27,30)(H,32,33). The second-order valence-electron chi connectivity index (χ2n) is 7.95. The smallest absolute Gasteiger partial charge is 0.326 e. The number of amides is 3. The van der Waals surface area contributed by atoms with E-state index in [-0.39, 0.29) is 19.1 Å². The Morgan fingerprint density at radius 2 is 1.62 bits per heavy atom. The molecule has 1 aromatic rings. The maximum absolute atomic E-state index is 12.1. The third kappa shape index (κ3) is 10.9. The van der Waals surface area contributed by atoms with Crippen LogP contribution in [0.25, 0.3) is 0 Å². The fraction of sp³-hybridized carbons (Fsp3) is 0.500. The summed E-state index contributed by atoms with van der Waals surface area (Å²) in [6.07, 6.45) is 0. The van der Waals surface area contributed by atoms with Crippen LogP contribution in [0.4, 0.5) is 0 Å². The van der Waals surface area contributed by atoms with Crippen molar-refractivity contribution in [2.24, 2.45) is 11.7 Å². The Kier molecular flexibility index (Phi) is 12.2. The third-order valence-electron chi connectivity index (χ3n) is 4.63. The van der Waals surface area contributed by atoms with Crippen LogP contribution in [0.2, 0.25) is 0 Å². The number of carboxylic acids is 1. The van der Waals surface area contributed by atoms with Crippen molar-refractivity contribution in [3.05, 3.63) is 35.9 Å². The number of ether oxygens (including phenoxy) is 1. The molecule has 0 bridgehead atoms. The summed E-state index contributed by atoms with van der Waals surface area (Å²) in [5.41, 5.74) is 6.67. The zero-order valence-corrected chi connectivity index (χ0v) is 19.5. The lowest BCUT2D eigenvalue weighted by molar-refractivity contribution is -0.144. The molecular weight excluding hydrogens is 446 g/mol. The van der Waals surface area contributed by atoms with E-state index in [2.05, 4.69) is 21.3 Å². The van der Waals surface area contributed by atoms with Crippen LogP contribution in [0, 0.1) is 5.92 Å². The van der Waals surface area contributed by atoms with Crippen molar-refractivity contribution in [1.29, 1.82) is 0 Å². The lowest BCUT2D eigenvalue weighted by Crippen LogP contribution is -2.54. The first kappa shape index (κ1) is 28.5. The molecule has 0 saturated heterocycles. The monoisotopic (exact) mass is 479 g/mol. The number of benzene rings is 1. The molecular formula is C22H33N5O7. The molecule has 7 N–H and O–H groups in total. The highest BCUT2D eigenvalue weighted by Crippen LogP contribution is 2.02. The van der Waals surface area contributed by atoms with Crippen molar-refractivity contribution >= 4 is 29.7 Å². The van der Waals surface area contributed by atoms with Crippen molar-refractivity contribution < 1.29 is 33.8 Å². The van der Waals surface area contributed by atoms with Gasteiger partial charge >= 0.3 is 11.9 Å². The van der Waals surface area contributed by atoms with E-state index in [9.17, 15) is 24.0 Å². The van der Waals surface area contributed by atoms with Gasteiger partial charge in [-0.3, -0.25) is 19.2 Å². The van der Waals surface area contributed by atoms with E-state index < -0.39 is 54.3 Å². The summed E-state index contributed by atoms with van der Waals surface area (Å²) in [4.78, 5) is 59.0. The maximum atomic E-state index is 12.1. The van der Waals surface area contributed by atoms with E-state index in [1.54, 1.807) is 13.8 Å². The summed E-state index contributed by atoms with van der Waals surface area (Å²) in [7, 11) is 0. The normalized spacial score (nSPS) is 13.3. The van der Waals surface area contributed by atoms with Gasteiger partial charge in [-0.25, -0.2) is 4.79 Å². The van der Waals surface area contributed by atoms with Gasteiger partial charge in [-0.2, -0.15) is 0 Å². The second kappa shape index (κ2) is 14.6. The minimum Gasteiger partial charge on any atom is -0.480 e. The van der Waals surface area contributed by atoms with E-state index in [4.69, 9.17) is 15.6 Å². The molecule has 3 unspecified atom stereocenters. The summed E-state index contributed by atoms with van der Waals surface area (Å²) >= 11 is 0. The van der Waals surface area contributed by atoms with E-state index in [1.165, 1.54) is 6.92 Å². The first-order valence-corrected chi connectivity index (χ1v) is 10.8. The fourth-order valence-electron chi connectivity index (χ4n) is 2.66. The zero-order valence-electron chi connectivity index (χ0n) is 19.5. The number of nitrogens with one attached hydrogen (secondary N) is 4. The van der Waals surface area contributed by atoms with Gasteiger partial charge < -0.3 is 36.8 Å². The molecule has 1 aromatic carbocycles. The van der Waals surface area contributed by atoms with Crippen LogP contribution in [-0.2, 0) is 35.3 Å². The van der Waals surface area contributed by atoms with Crippen LogP contribution in [0.5, 0.6) is 0 Å². The van der Waals surface area contributed by atoms with E-state index in [1.807, 2.05) is 30.3 Å². The van der Waals surface area contributed by atoms with Crippen LogP contribution in [0.1, 0.15) is 26.3 Å². The number of esters is 1. The predicted molar refractivity (Wildman–Crippen MR) is 122 cm³/mol. The van der Waals surface area contributed by atoms with Crippen molar-refractivity contribution in [3.8, 4) is 0 Å². The van der Waals surface area contributed by atoms with Gasteiger partial charge in [0.05, 0.1) is 13.1 Å². The zero-order chi connectivity index (χ0) is 25.7. The molecule has 12 nitrogen and oxygen atoms in total. The van der Waals surface area contributed by atoms with E-state index >= 15 is 0 Å². The molecule has 34 heavy (non-hydrogen) atoms. The summed E-state index contributed by atoms with van der Waals surface area (Å²) in [6.45, 7) is 4.23. The molecule has 0 fully saturated rings. The molecule has 0 spiro atoms. The van der Waals surface area contributed by atoms with Gasteiger partial charge in [0.1, 0.15) is 24.7 Å². The third-order valence-corrected chi connectivity index (χ3v) is 4.63. The van der Waals surface area contributed by atoms with Gasteiger partial charge in [0.25, 0.3) is 0 Å². The van der Waals surface area contributed by atoms with Crippen molar-refractivity contribution in [3.63, 3.8) is 0 Å². The van der Waals surface area contributed by atoms with E-state index in [0.29, 0.717) is 6.54 Å². The SMILES string of the molecule is CC(NC(=O)CNC(=O)C(N)COC(=O)CNCc1ccccc1)C(=O)NC(C(=O)O)C(C)C. The Bertz CT molecular complexity index is 847. The molecule has 12 heteroatoms. The van der Waals surface area contributed by atoms with Crippen molar-refractivity contribution in [2.75, 3.05) is 19.7 Å². The molecule has 0 aliphatic carbocycles. The molecule has 0 saturated carbocycles. The van der Waals surface area contributed by atoms with Crippen LogP contribution < -0.4 is 27.0 Å². The molecule has 0 aliphatic rings. The van der Waals surface area contributed by atoms with Crippen molar-refractivity contribution in [2.45, 2.75) is 45.4 Å². The van der Waals surface area contributed by atoms with Gasteiger partial charge in [-0.1, -0.05) is 44.2 Å². The molecule has 1 rings (SSSR count). The van der Waals surface area contributed by atoms with Crippen LogP contribution in [0.3, 0.4) is 0 Å². The number of carboxylic acid groups (broad SMARTS) is 1. The lowest BCUT2D eigenvalue weighted by Gasteiger charge is -2.21. The average Bonchev–Trinajstić information content (AvgIpc) is 2.79. The molecule has 3 atom stereocenters. The lowest BCUT2D eigenvalue weighted by atomic mass is 10.0. The Morgan fingerprint density at radius 1 is 0.971 bits per heavy atom. The average molecular weight is 480 g/mol. The summed E-state index contributed by atoms with van der Waals surface area (Å²) < 4.78 is 4.95. The molecule has 0 aromatic heterocycles. The predicted octanol–water partition coefficient (Wildman–Crippen LogP) is -1.51. The number of carbonyl (C=O) groups excluding carboxylic acids is 4. The summed E-state index contributed by atoms with van der Waals surface area (Å²) in [5, 5.41) is 19.0. The Hall–Kier alpha value is -3.51. The van der Waals surface area contributed by atoms with Gasteiger partial charge in [0.2, 0.25) is 17.7 Å². The number of nitrogens with two attached hydrogens (primary N) is 1. The molecule has 0 radical (unpaired) electrons. The number of aliphatic carboxylic acids is 1. The number of hydrogen-bond donors (Lipinski definition) is 6. The topological polar surface area (TPSA) is 189 Å². The minimum absolute atomic E-state index is 0.0643. The highest BCUT2D eigenvalue weighted by atomic mass is 16.5. The Balaban J connectivity index is 2.29. The van der Waals surface area contributed by atoms with Gasteiger partial charge in [0, 0.05) is 6.54 Å². The summed E-state index contributed by atoms with van der Waals surface area (Å²) in [5.74, 6) is -4.19. The highest BCUT2D eigenvalue weighted by molar-refractivity contribution is 5.92. The van der Waals surface area contributed by atoms with Gasteiger partial charge in [0.15, 0.2) is 0 Å². The number of rotatable bonds is 14. The first-order valence-electron chi connectivity index (χ1n) is 10.8. The Labute approximate surface area is 198 Å². The number of hydrogen-bond acceptors (Lipinski definition) is 8. The van der Waals surface area contributed by atoms with Gasteiger partial charge in [-0.05, 0) is 18.4 Å². The quantitative estimate of drug-likeness (QED) is 0.172. The van der Waals surface area contributed by atoms with Crippen LogP contribution in [-0.4, -0.2) is 72.6 Å². The van der Waals surface area contributed by atoms with E-state index in [0.717, 1.165) is 5.56 Å². The Morgan fingerprint density at radius 3 is 2.21 bits per heavy atom. The minimum atomic E-state index is -1.19.